The molecule has 11 aromatic carbocycles. The predicted molar refractivity (Wildman–Crippen MR) is 304 cm³/mol. The lowest BCUT2D eigenvalue weighted by atomic mass is 9.64. The van der Waals surface area contributed by atoms with E-state index in [-0.39, 0.29) is 5.41 Å². The zero-order valence-electron chi connectivity index (χ0n) is 40.7. The van der Waals surface area contributed by atoms with Gasteiger partial charge in [0.05, 0.1) is 27.8 Å². The number of para-hydroxylation sites is 4. The molecule has 3 nitrogen and oxygen atoms in total. The molecule has 1 unspecified atom stereocenters. The molecule has 1 aliphatic heterocycles. The normalized spacial score (nSPS) is 15.4. The van der Waals surface area contributed by atoms with Crippen molar-refractivity contribution in [1.82, 2.24) is 4.57 Å². The van der Waals surface area contributed by atoms with Crippen LogP contribution in [0.2, 0.25) is 0 Å². The van der Waals surface area contributed by atoms with Crippen LogP contribution in [0, 0.1) is 0 Å². The number of hydrogen-bond donors (Lipinski definition) is 0. The third kappa shape index (κ3) is 5.88. The minimum Gasteiger partial charge on any atom is -0.310 e. The highest BCUT2D eigenvalue weighted by molar-refractivity contribution is 6.11. The van der Waals surface area contributed by atoms with Crippen LogP contribution in [0.4, 0.5) is 34.1 Å². The van der Waals surface area contributed by atoms with Gasteiger partial charge in [0.1, 0.15) is 0 Å². The summed E-state index contributed by atoms with van der Waals surface area (Å²) < 4.78 is 2.39. The smallest absolute Gasteiger partial charge is 0.0754 e. The van der Waals surface area contributed by atoms with Crippen molar-refractivity contribution in [3.8, 4) is 39.1 Å². The summed E-state index contributed by atoms with van der Waals surface area (Å²) >= 11 is 0. The van der Waals surface area contributed by atoms with Gasteiger partial charge in [0.2, 0.25) is 0 Å². The van der Waals surface area contributed by atoms with E-state index in [1.165, 1.54) is 99.9 Å². The molecule has 344 valence electrons. The van der Waals surface area contributed by atoms with E-state index in [0.29, 0.717) is 0 Å². The van der Waals surface area contributed by atoms with Gasteiger partial charge in [-0.3, -0.25) is 0 Å². The van der Waals surface area contributed by atoms with Gasteiger partial charge in [-0.05, 0) is 152 Å². The zero-order valence-corrected chi connectivity index (χ0v) is 40.7. The van der Waals surface area contributed by atoms with Gasteiger partial charge in [-0.1, -0.05) is 184 Å². The van der Waals surface area contributed by atoms with Crippen LogP contribution < -0.4 is 9.80 Å². The van der Waals surface area contributed by atoms with E-state index in [0.717, 1.165) is 28.4 Å². The first-order chi connectivity index (χ1) is 36.0. The molecule has 0 saturated carbocycles. The summed E-state index contributed by atoms with van der Waals surface area (Å²) in [4.78, 5) is 4.92. The molecule has 0 radical (unpaired) electrons. The van der Waals surface area contributed by atoms with Crippen LogP contribution in [0.5, 0.6) is 0 Å². The molecule has 0 spiro atoms. The standard InChI is InChI=1S/C70H49N3/c1-69(2)60-28-14-12-25-54(60)55-41-38-53(45-62(55)69)71(52-39-42-65-59(44-52)57-26-13-16-30-64(57)72(65)49-21-8-4-9-22-49)51-36-33-46(34-37-51)47-35-40-56-58-27-18-32-67-68(58)70(63(56)43-47,48-19-6-3-7-20-48)61-29-15-17-31-66(61)73(67)50-23-10-5-11-24-50/h3-45H,1-2H3. The second-order valence-corrected chi connectivity index (χ2v) is 20.4. The van der Waals surface area contributed by atoms with Gasteiger partial charge in [0.25, 0.3) is 0 Å². The van der Waals surface area contributed by atoms with E-state index in [1.807, 2.05) is 0 Å². The van der Waals surface area contributed by atoms with E-state index in [9.17, 15) is 0 Å². The molecule has 73 heavy (non-hydrogen) atoms. The Hall–Kier alpha value is -9.18. The molecule has 1 atom stereocenters. The Morgan fingerprint density at radius 3 is 1.71 bits per heavy atom. The van der Waals surface area contributed by atoms with E-state index in [4.69, 9.17) is 0 Å². The quantitative estimate of drug-likeness (QED) is 0.158. The molecule has 3 aliphatic rings. The van der Waals surface area contributed by atoms with E-state index in [1.54, 1.807) is 0 Å². The lowest BCUT2D eigenvalue weighted by Crippen LogP contribution is -2.35. The Kier molecular flexibility index (Phi) is 8.92. The average Bonchev–Trinajstić information content (AvgIpc) is 4.12. The van der Waals surface area contributed by atoms with Crippen molar-refractivity contribution in [3.63, 3.8) is 0 Å². The van der Waals surface area contributed by atoms with Crippen LogP contribution in [0.3, 0.4) is 0 Å². The first-order valence-corrected chi connectivity index (χ1v) is 25.5. The molecule has 12 aromatic rings. The molecule has 2 aliphatic carbocycles. The lowest BCUT2D eigenvalue weighted by Gasteiger charge is -2.44. The lowest BCUT2D eigenvalue weighted by molar-refractivity contribution is 0.660. The van der Waals surface area contributed by atoms with Gasteiger partial charge in [-0.15, -0.1) is 0 Å². The van der Waals surface area contributed by atoms with Crippen LogP contribution in [0.25, 0.3) is 60.9 Å². The molecule has 0 fully saturated rings. The maximum atomic E-state index is 2.49. The van der Waals surface area contributed by atoms with Crippen molar-refractivity contribution in [2.45, 2.75) is 24.7 Å². The Bertz CT molecular complexity index is 4170. The summed E-state index contributed by atoms with van der Waals surface area (Å²) in [7, 11) is 0. The van der Waals surface area contributed by atoms with E-state index < -0.39 is 5.41 Å². The highest BCUT2D eigenvalue weighted by Crippen LogP contribution is 2.65. The fourth-order valence-corrected chi connectivity index (χ4v) is 13.2. The number of fused-ring (bicyclic) bond motifs is 11. The number of anilines is 6. The van der Waals surface area contributed by atoms with Crippen LogP contribution in [-0.4, -0.2) is 4.57 Å². The summed E-state index contributed by atoms with van der Waals surface area (Å²) in [6.45, 7) is 4.74. The number of benzene rings is 11. The Labute approximate surface area is 426 Å². The Morgan fingerprint density at radius 1 is 0.342 bits per heavy atom. The molecule has 0 amide bonds. The van der Waals surface area contributed by atoms with Gasteiger partial charge in [0.15, 0.2) is 0 Å². The van der Waals surface area contributed by atoms with Gasteiger partial charge >= 0.3 is 0 Å². The summed E-state index contributed by atoms with van der Waals surface area (Å²) in [5.74, 6) is 0. The summed E-state index contributed by atoms with van der Waals surface area (Å²) in [6, 6.07) is 97.0. The van der Waals surface area contributed by atoms with Crippen molar-refractivity contribution >= 4 is 55.9 Å². The van der Waals surface area contributed by atoms with Crippen molar-refractivity contribution in [2.24, 2.45) is 0 Å². The molecular weight excluding hydrogens is 883 g/mol. The number of aromatic nitrogens is 1. The van der Waals surface area contributed by atoms with Crippen LogP contribution in [-0.2, 0) is 10.8 Å². The van der Waals surface area contributed by atoms with Gasteiger partial charge in [-0.25, -0.2) is 0 Å². The van der Waals surface area contributed by atoms with Gasteiger partial charge < -0.3 is 14.4 Å². The molecule has 0 N–H and O–H groups in total. The molecular formula is C70H49N3. The van der Waals surface area contributed by atoms with Gasteiger partial charge in [0, 0.05) is 50.2 Å². The Morgan fingerprint density at radius 2 is 0.904 bits per heavy atom. The van der Waals surface area contributed by atoms with Crippen molar-refractivity contribution in [3.05, 3.63) is 294 Å². The molecule has 3 heteroatoms. The van der Waals surface area contributed by atoms with Crippen molar-refractivity contribution in [1.29, 1.82) is 0 Å². The minimum absolute atomic E-state index is 0.145. The van der Waals surface area contributed by atoms with Gasteiger partial charge in [-0.2, -0.15) is 0 Å². The van der Waals surface area contributed by atoms with Crippen molar-refractivity contribution in [2.75, 3.05) is 9.80 Å². The first kappa shape index (κ1) is 41.6. The monoisotopic (exact) mass is 931 g/mol. The number of hydrogen-bond acceptors (Lipinski definition) is 2. The largest absolute Gasteiger partial charge is 0.310 e. The maximum Gasteiger partial charge on any atom is 0.0754 e. The highest BCUT2D eigenvalue weighted by Gasteiger charge is 2.52. The molecule has 0 saturated heterocycles. The summed E-state index contributed by atoms with van der Waals surface area (Å²) in [5, 5.41) is 2.45. The van der Waals surface area contributed by atoms with E-state index in [2.05, 4.69) is 289 Å². The fourth-order valence-electron chi connectivity index (χ4n) is 13.2. The van der Waals surface area contributed by atoms with Crippen LogP contribution in [0.1, 0.15) is 47.2 Å². The molecule has 0 bridgehead atoms. The predicted octanol–water partition coefficient (Wildman–Crippen LogP) is 18.4. The number of nitrogens with zero attached hydrogens (tertiary/aromatic N) is 3. The highest BCUT2D eigenvalue weighted by atomic mass is 15.2. The van der Waals surface area contributed by atoms with Crippen LogP contribution >= 0.6 is 0 Å². The molecule has 1 aromatic heterocycles. The Balaban J connectivity index is 0.897. The third-order valence-corrected chi connectivity index (χ3v) is 16.4. The number of rotatable bonds is 7. The topological polar surface area (TPSA) is 11.4 Å². The minimum atomic E-state index is -0.527. The second kappa shape index (κ2) is 15.7. The summed E-state index contributed by atoms with van der Waals surface area (Å²) in [5.41, 5.74) is 25.3. The van der Waals surface area contributed by atoms with Crippen LogP contribution in [0.15, 0.2) is 261 Å². The fraction of sp³-hybridized carbons (Fsp3) is 0.0571. The molecule has 15 rings (SSSR count). The maximum absolute atomic E-state index is 2.49. The third-order valence-electron chi connectivity index (χ3n) is 16.4. The van der Waals surface area contributed by atoms with Crippen molar-refractivity contribution < 1.29 is 0 Å². The first-order valence-electron chi connectivity index (χ1n) is 25.5. The molecule has 2 heterocycles. The average molecular weight is 932 g/mol. The van der Waals surface area contributed by atoms with E-state index >= 15 is 0 Å². The SMILES string of the molecule is CC1(C)c2ccccc2-c2ccc(N(c3ccc(-c4ccc5c(c4)C4(c6ccccc6)c6ccccc6N(c6ccccc6)c6cccc-5c64)cc3)c3ccc4c(c3)c3ccccc3n4-c3ccccc3)cc21. The summed E-state index contributed by atoms with van der Waals surface area (Å²) in [6.07, 6.45) is 0. The zero-order chi connectivity index (χ0) is 48.4. The second-order valence-electron chi connectivity index (χ2n) is 20.4.